The van der Waals surface area contributed by atoms with Gasteiger partial charge in [-0.15, -0.1) is 0 Å². The first-order valence-electron chi connectivity index (χ1n) is 6.31. The van der Waals surface area contributed by atoms with E-state index in [1.165, 1.54) is 24.8 Å². The fourth-order valence-electron chi connectivity index (χ4n) is 3.04. The topological polar surface area (TPSA) is 12.0 Å². The van der Waals surface area contributed by atoms with Crippen molar-refractivity contribution in [1.82, 2.24) is 5.32 Å². The Balaban J connectivity index is 1.82. The van der Waals surface area contributed by atoms with Crippen molar-refractivity contribution in [2.45, 2.75) is 25.2 Å². The fraction of sp³-hybridized carbons (Fsp3) is 0.571. The second-order valence-corrected chi connectivity index (χ2v) is 5.15. The Morgan fingerprint density at radius 2 is 1.81 bits per heavy atom. The van der Waals surface area contributed by atoms with Gasteiger partial charge in [0.25, 0.3) is 0 Å². The summed E-state index contributed by atoms with van der Waals surface area (Å²) < 4.78 is 12.9. The molecule has 1 aliphatic carbocycles. The van der Waals surface area contributed by atoms with Gasteiger partial charge in [-0.2, -0.15) is 0 Å². The van der Waals surface area contributed by atoms with Crippen LogP contribution < -0.4 is 5.32 Å². The number of rotatable bonds is 2. The van der Waals surface area contributed by atoms with E-state index in [1.54, 1.807) is 12.1 Å². The summed E-state index contributed by atoms with van der Waals surface area (Å²) in [6.07, 6.45) is 4.09. The lowest BCUT2D eigenvalue weighted by atomic mass is 9.78. The lowest BCUT2D eigenvalue weighted by Gasteiger charge is -2.32. The average Bonchev–Trinajstić information content (AvgIpc) is 3.14. The van der Waals surface area contributed by atoms with Gasteiger partial charge >= 0.3 is 0 Å². The van der Waals surface area contributed by atoms with E-state index in [1.807, 2.05) is 12.1 Å². The third-order valence-electron chi connectivity index (χ3n) is 4.06. The predicted molar refractivity (Wildman–Crippen MR) is 62.8 cm³/mol. The maximum Gasteiger partial charge on any atom is 0.123 e. The van der Waals surface area contributed by atoms with Crippen LogP contribution in [0.4, 0.5) is 4.39 Å². The van der Waals surface area contributed by atoms with Crippen LogP contribution in [0.25, 0.3) is 0 Å². The first-order chi connectivity index (χ1) is 7.84. The molecule has 1 heterocycles. The summed E-state index contributed by atoms with van der Waals surface area (Å²) in [6.45, 7) is 2.21. The molecule has 2 fully saturated rings. The van der Waals surface area contributed by atoms with E-state index < -0.39 is 0 Å². The fourth-order valence-corrected chi connectivity index (χ4v) is 3.04. The second kappa shape index (κ2) is 4.17. The molecule has 1 aromatic rings. The van der Waals surface area contributed by atoms with Gasteiger partial charge in [-0.05, 0) is 61.3 Å². The highest BCUT2D eigenvalue weighted by atomic mass is 19.1. The van der Waals surface area contributed by atoms with E-state index in [0.29, 0.717) is 5.92 Å². The molecular formula is C14H18FN. The molecule has 1 nitrogen and oxygen atoms in total. The molecule has 1 saturated heterocycles. The zero-order valence-corrected chi connectivity index (χ0v) is 9.45. The van der Waals surface area contributed by atoms with Crippen molar-refractivity contribution in [3.8, 4) is 0 Å². The number of hydrogen-bond acceptors (Lipinski definition) is 1. The van der Waals surface area contributed by atoms with Crippen LogP contribution in [0.1, 0.15) is 30.7 Å². The molecule has 2 unspecified atom stereocenters. The van der Waals surface area contributed by atoms with Crippen molar-refractivity contribution in [2.75, 3.05) is 13.1 Å². The Kier molecular flexibility index (Phi) is 2.68. The van der Waals surface area contributed by atoms with Gasteiger partial charge in [0, 0.05) is 6.54 Å². The summed E-state index contributed by atoms with van der Waals surface area (Å²) >= 11 is 0. The van der Waals surface area contributed by atoms with Crippen LogP contribution in [0.15, 0.2) is 24.3 Å². The van der Waals surface area contributed by atoms with Gasteiger partial charge in [-0.25, -0.2) is 4.39 Å². The molecule has 1 saturated carbocycles. The molecule has 2 atom stereocenters. The minimum atomic E-state index is -0.129. The third kappa shape index (κ3) is 1.99. The Labute approximate surface area is 96.1 Å². The lowest BCUT2D eigenvalue weighted by molar-refractivity contribution is 0.290. The predicted octanol–water partition coefficient (Wildman–Crippen LogP) is 2.93. The van der Waals surface area contributed by atoms with Gasteiger partial charge in [-0.1, -0.05) is 12.1 Å². The first kappa shape index (κ1) is 10.3. The number of piperidine rings is 1. The van der Waals surface area contributed by atoms with Crippen LogP contribution in [-0.2, 0) is 0 Å². The summed E-state index contributed by atoms with van der Waals surface area (Å²) in [5.41, 5.74) is 1.31. The molecule has 16 heavy (non-hydrogen) atoms. The maximum absolute atomic E-state index is 12.9. The maximum atomic E-state index is 12.9. The zero-order chi connectivity index (χ0) is 11.0. The summed E-state index contributed by atoms with van der Waals surface area (Å²) in [5.74, 6) is 2.24. The van der Waals surface area contributed by atoms with Crippen LogP contribution in [0, 0.1) is 17.7 Å². The second-order valence-electron chi connectivity index (χ2n) is 5.15. The van der Waals surface area contributed by atoms with Crippen molar-refractivity contribution in [3.05, 3.63) is 35.6 Å². The van der Waals surface area contributed by atoms with Gasteiger partial charge in [0.15, 0.2) is 0 Å². The average molecular weight is 219 g/mol. The summed E-state index contributed by atoms with van der Waals surface area (Å²) in [4.78, 5) is 0. The Morgan fingerprint density at radius 3 is 2.50 bits per heavy atom. The quantitative estimate of drug-likeness (QED) is 0.806. The van der Waals surface area contributed by atoms with E-state index in [4.69, 9.17) is 0 Å². The monoisotopic (exact) mass is 219 g/mol. The molecule has 0 radical (unpaired) electrons. The van der Waals surface area contributed by atoms with Crippen molar-refractivity contribution in [2.24, 2.45) is 11.8 Å². The van der Waals surface area contributed by atoms with Crippen LogP contribution >= 0.6 is 0 Å². The Bertz CT molecular complexity index is 356. The molecule has 0 bridgehead atoms. The molecule has 2 heteroatoms. The highest BCUT2D eigenvalue weighted by Gasteiger charge is 2.38. The lowest BCUT2D eigenvalue weighted by Crippen LogP contribution is -2.36. The molecular weight excluding hydrogens is 201 g/mol. The van der Waals surface area contributed by atoms with Crippen molar-refractivity contribution < 1.29 is 4.39 Å². The normalized spacial score (nSPS) is 30.3. The largest absolute Gasteiger partial charge is 0.316 e. The summed E-state index contributed by atoms with van der Waals surface area (Å²) in [6, 6.07) is 7.10. The number of hydrogen-bond donors (Lipinski definition) is 1. The number of nitrogens with one attached hydrogen (secondary N) is 1. The molecule has 3 rings (SSSR count). The van der Waals surface area contributed by atoms with Crippen LogP contribution in [0.5, 0.6) is 0 Å². The van der Waals surface area contributed by atoms with E-state index in [-0.39, 0.29) is 5.82 Å². The van der Waals surface area contributed by atoms with Crippen molar-refractivity contribution in [3.63, 3.8) is 0 Å². The minimum absolute atomic E-state index is 0.129. The van der Waals surface area contributed by atoms with Gasteiger partial charge in [0.1, 0.15) is 5.82 Å². The van der Waals surface area contributed by atoms with Crippen LogP contribution in [-0.4, -0.2) is 13.1 Å². The standard InChI is InChI=1S/C14H18FN/c15-12-5-3-11(4-6-12)14-9-16-8-7-13(14)10-1-2-10/h3-6,10,13-14,16H,1-2,7-9H2. The van der Waals surface area contributed by atoms with Crippen molar-refractivity contribution in [1.29, 1.82) is 0 Å². The van der Waals surface area contributed by atoms with Gasteiger partial charge in [0.05, 0.1) is 0 Å². The molecule has 2 aliphatic rings. The van der Waals surface area contributed by atoms with Gasteiger partial charge in [-0.3, -0.25) is 0 Å². The van der Waals surface area contributed by atoms with Crippen LogP contribution in [0.2, 0.25) is 0 Å². The summed E-state index contributed by atoms with van der Waals surface area (Å²) in [5, 5.41) is 3.47. The van der Waals surface area contributed by atoms with Crippen LogP contribution in [0.3, 0.4) is 0 Å². The SMILES string of the molecule is Fc1ccc(C2CNCCC2C2CC2)cc1. The van der Waals surface area contributed by atoms with E-state index in [9.17, 15) is 4.39 Å². The highest BCUT2D eigenvalue weighted by Crippen LogP contribution is 2.46. The van der Waals surface area contributed by atoms with Gasteiger partial charge in [0.2, 0.25) is 0 Å². The Morgan fingerprint density at radius 1 is 1.06 bits per heavy atom. The molecule has 0 amide bonds. The molecule has 1 N–H and O–H groups in total. The molecule has 86 valence electrons. The Hall–Kier alpha value is -0.890. The molecule has 1 aromatic carbocycles. The molecule has 0 aromatic heterocycles. The van der Waals surface area contributed by atoms with E-state index in [0.717, 1.165) is 24.9 Å². The molecule has 1 aliphatic heterocycles. The number of benzene rings is 1. The number of halogens is 1. The first-order valence-corrected chi connectivity index (χ1v) is 6.31. The molecule has 0 spiro atoms. The van der Waals surface area contributed by atoms with E-state index in [2.05, 4.69) is 5.32 Å². The zero-order valence-electron chi connectivity index (χ0n) is 9.45. The van der Waals surface area contributed by atoms with Crippen molar-refractivity contribution >= 4 is 0 Å². The summed E-state index contributed by atoms with van der Waals surface area (Å²) in [7, 11) is 0. The van der Waals surface area contributed by atoms with Gasteiger partial charge < -0.3 is 5.32 Å². The minimum Gasteiger partial charge on any atom is -0.316 e. The third-order valence-corrected chi connectivity index (χ3v) is 4.06. The highest BCUT2D eigenvalue weighted by molar-refractivity contribution is 5.23. The van der Waals surface area contributed by atoms with E-state index >= 15 is 0 Å². The smallest absolute Gasteiger partial charge is 0.123 e.